The summed E-state index contributed by atoms with van der Waals surface area (Å²) < 4.78 is 26.5. The quantitative estimate of drug-likeness (QED) is 0.473. The van der Waals surface area contributed by atoms with E-state index in [1.54, 1.807) is 32.4 Å². The molecule has 8 nitrogen and oxygen atoms in total. The summed E-state index contributed by atoms with van der Waals surface area (Å²) in [4.78, 5) is 25.2. The Morgan fingerprint density at radius 2 is 1.62 bits per heavy atom. The average Bonchev–Trinajstić information content (AvgIpc) is 2.85. The molecule has 0 fully saturated rings. The number of terminal acetylenes is 2. The summed E-state index contributed by atoms with van der Waals surface area (Å²) in [6, 6.07) is 10.7. The Kier molecular flexibility index (Phi) is 7.68. The largest absolute Gasteiger partial charge is 0.497 e. The van der Waals surface area contributed by atoms with E-state index in [4.69, 9.17) is 42.3 Å². The van der Waals surface area contributed by atoms with Crippen LogP contribution in [0.1, 0.15) is 17.9 Å². The van der Waals surface area contributed by atoms with Gasteiger partial charge in [0.2, 0.25) is 5.88 Å². The molecule has 1 heterocycles. The molecular weight excluding hydrogens is 438 g/mol. The highest BCUT2D eigenvalue weighted by molar-refractivity contribution is 5.93. The highest BCUT2D eigenvalue weighted by atomic mass is 16.5. The molecule has 0 amide bonds. The van der Waals surface area contributed by atoms with Gasteiger partial charge in [0.25, 0.3) is 0 Å². The van der Waals surface area contributed by atoms with Crippen molar-refractivity contribution in [2.75, 3.05) is 27.4 Å². The monoisotopic (exact) mass is 461 g/mol. The van der Waals surface area contributed by atoms with Crippen molar-refractivity contribution in [3.8, 4) is 53.1 Å². The predicted molar refractivity (Wildman–Crippen MR) is 124 cm³/mol. The molecule has 2 aromatic rings. The SMILES string of the molecule is C#CCOC(=O)CC1C(C(=O)OCC#C)=C(N)Oc2ccc(-c3cc(OC)cc(OC)c3)cc21. The van der Waals surface area contributed by atoms with E-state index in [1.165, 1.54) is 0 Å². The molecule has 174 valence electrons. The van der Waals surface area contributed by atoms with E-state index < -0.39 is 17.9 Å². The molecule has 0 aromatic heterocycles. The number of hydrogen-bond acceptors (Lipinski definition) is 8. The van der Waals surface area contributed by atoms with Gasteiger partial charge in [-0.25, -0.2) is 4.79 Å². The highest BCUT2D eigenvalue weighted by Gasteiger charge is 2.36. The number of hydrogen-bond donors (Lipinski definition) is 1. The van der Waals surface area contributed by atoms with E-state index in [1.807, 2.05) is 18.2 Å². The molecule has 2 N–H and O–H groups in total. The molecule has 8 heteroatoms. The van der Waals surface area contributed by atoms with Crippen LogP contribution < -0.4 is 19.9 Å². The fourth-order valence-electron chi connectivity index (χ4n) is 3.56. The molecular formula is C26H23NO7. The summed E-state index contributed by atoms with van der Waals surface area (Å²) in [7, 11) is 3.11. The fourth-order valence-corrected chi connectivity index (χ4v) is 3.56. The lowest BCUT2D eigenvalue weighted by Crippen LogP contribution is -2.28. The van der Waals surface area contributed by atoms with Crippen LogP contribution in [-0.2, 0) is 19.1 Å². The Morgan fingerprint density at radius 3 is 2.24 bits per heavy atom. The zero-order valence-corrected chi connectivity index (χ0v) is 18.8. The predicted octanol–water partition coefficient (Wildman–Crippen LogP) is 2.76. The normalized spacial score (nSPS) is 14.1. The number of carbonyl (C=O) groups is 2. The summed E-state index contributed by atoms with van der Waals surface area (Å²) in [5.41, 5.74) is 8.10. The summed E-state index contributed by atoms with van der Waals surface area (Å²) in [5, 5.41) is 0. The summed E-state index contributed by atoms with van der Waals surface area (Å²) in [6.07, 6.45) is 10.2. The molecule has 34 heavy (non-hydrogen) atoms. The van der Waals surface area contributed by atoms with Crippen LogP contribution in [0.4, 0.5) is 0 Å². The van der Waals surface area contributed by atoms with Gasteiger partial charge in [-0.1, -0.05) is 17.9 Å². The summed E-state index contributed by atoms with van der Waals surface area (Å²) in [5.74, 6) is 3.65. The third-order valence-corrected chi connectivity index (χ3v) is 5.10. The van der Waals surface area contributed by atoms with Crippen LogP contribution in [-0.4, -0.2) is 39.4 Å². The van der Waals surface area contributed by atoms with Gasteiger partial charge in [-0.05, 0) is 35.4 Å². The van der Waals surface area contributed by atoms with E-state index in [0.29, 0.717) is 22.8 Å². The number of benzene rings is 2. The van der Waals surface area contributed by atoms with Gasteiger partial charge in [0.1, 0.15) is 22.8 Å². The standard InChI is InChI=1S/C26H23NO7/c1-5-9-32-23(28)15-21-20-13-16(17-11-18(30-3)14-19(12-17)31-4)7-8-22(20)34-25(27)24(21)26(29)33-10-6-2/h1-2,7-8,11-14,21H,9-10,15,27H2,3-4H3. The molecule has 0 radical (unpaired) electrons. The number of esters is 2. The van der Waals surface area contributed by atoms with Crippen molar-refractivity contribution >= 4 is 11.9 Å². The first-order chi connectivity index (χ1) is 16.4. The van der Waals surface area contributed by atoms with E-state index >= 15 is 0 Å². The Hall–Kier alpha value is -4.56. The molecule has 0 spiro atoms. The number of rotatable bonds is 8. The van der Waals surface area contributed by atoms with Gasteiger partial charge in [0.05, 0.1) is 20.6 Å². The maximum Gasteiger partial charge on any atom is 0.341 e. The Bertz CT molecular complexity index is 1190. The lowest BCUT2D eigenvalue weighted by Gasteiger charge is -2.28. The van der Waals surface area contributed by atoms with Gasteiger partial charge in [-0.3, -0.25) is 4.79 Å². The topological polar surface area (TPSA) is 106 Å². The van der Waals surface area contributed by atoms with Gasteiger partial charge in [-0.2, -0.15) is 0 Å². The number of nitrogens with two attached hydrogens (primary N) is 1. The first-order valence-electron chi connectivity index (χ1n) is 10.2. The van der Waals surface area contributed by atoms with Gasteiger partial charge in [0, 0.05) is 17.5 Å². The molecule has 1 unspecified atom stereocenters. The molecule has 2 aromatic carbocycles. The summed E-state index contributed by atoms with van der Waals surface area (Å²) >= 11 is 0. The number of carbonyl (C=O) groups excluding carboxylic acids is 2. The second-order valence-corrected chi connectivity index (χ2v) is 7.14. The van der Waals surface area contributed by atoms with Crippen LogP contribution in [0.15, 0.2) is 47.9 Å². The number of methoxy groups -OCH3 is 2. The molecule has 1 atom stereocenters. The number of ether oxygens (including phenoxy) is 5. The van der Waals surface area contributed by atoms with E-state index in [0.717, 1.165) is 11.1 Å². The zero-order chi connectivity index (χ0) is 24.7. The van der Waals surface area contributed by atoms with E-state index in [2.05, 4.69) is 11.8 Å². The fraction of sp³-hybridized carbons (Fsp3) is 0.231. The Balaban J connectivity index is 2.09. The molecule has 1 aliphatic heterocycles. The van der Waals surface area contributed by atoms with Crippen molar-refractivity contribution in [2.24, 2.45) is 5.73 Å². The minimum atomic E-state index is -0.813. The molecule has 0 saturated carbocycles. The van der Waals surface area contributed by atoms with Crippen molar-refractivity contribution in [1.29, 1.82) is 0 Å². The number of fused-ring (bicyclic) bond motifs is 1. The van der Waals surface area contributed by atoms with Gasteiger partial charge in [0.15, 0.2) is 13.2 Å². The molecule has 0 aliphatic carbocycles. The van der Waals surface area contributed by atoms with Crippen molar-refractivity contribution < 1.29 is 33.3 Å². The van der Waals surface area contributed by atoms with Crippen LogP contribution in [0.5, 0.6) is 17.2 Å². The van der Waals surface area contributed by atoms with Crippen LogP contribution in [0, 0.1) is 24.7 Å². The van der Waals surface area contributed by atoms with Crippen molar-refractivity contribution in [3.05, 3.63) is 53.4 Å². The maximum atomic E-state index is 12.8. The van der Waals surface area contributed by atoms with Gasteiger partial charge >= 0.3 is 11.9 Å². The van der Waals surface area contributed by atoms with Crippen molar-refractivity contribution in [1.82, 2.24) is 0 Å². The lowest BCUT2D eigenvalue weighted by molar-refractivity contribution is -0.142. The van der Waals surface area contributed by atoms with Crippen LogP contribution >= 0.6 is 0 Å². The zero-order valence-electron chi connectivity index (χ0n) is 18.8. The first-order valence-corrected chi connectivity index (χ1v) is 10.2. The van der Waals surface area contributed by atoms with Crippen LogP contribution in [0.2, 0.25) is 0 Å². The van der Waals surface area contributed by atoms with Gasteiger partial charge in [-0.15, -0.1) is 12.8 Å². The van der Waals surface area contributed by atoms with Crippen molar-refractivity contribution in [2.45, 2.75) is 12.3 Å². The van der Waals surface area contributed by atoms with Crippen molar-refractivity contribution in [3.63, 3.8) is 0 Å². The second-order valence-electron chi connectivity index (χ2n) is 7.14. The third kappa shape index (κ3) is 5.25. The first kappa shape index (κ1) is 24.1. The molecule has 1 aliphatic rings. The second kappa shape index (κ2) is 10.8. The van der Waals surface area contributed by atoms with Gasteiger partial charge < -0.3 is 29.4 Å². The van der Waals surface area contributed by atoms with Crippen LogP contribution in [0.25, 0.3) is 11.1 Å². The minimum absolute atomic E-state index is 0.0271. The molecule has 0 saturated heterocycles. The van der Waals surface area contributed by atoms with E-state index in [9.17, 15) is 9.59 Å². The third-order valence-electron chi connectivity index (χ3n) is 5.10. The Labute approximate surface area is 197 Å². The lowest BCUT2D eigenvalue weighted by atomic mass is 9.84. The summed E-state index contributed by atoms with van der Waals surface area (Å²) in [6.45, 7) is -0.463. The smallest absolute Gasteiger partial charge is 0.341 e. The minimum Gasteiger partial charge on any atom is -0.497 e. The molecule has 3 rings (SSSR count). The maximum absolute atomic E-state index is 12.8. The highest BCUT2D eigenvalue weighted by Crippen LogP contribution is 2.43. The average molecular weight is 461 g/mol. The molecule has 0 bridgehead atoms. The van der Waals surface area contributed by atoms with E-state index in [-0.39, 0.29) is 31.1 Å². The Morgan fingerprint density at radius 1 is 0.971 bits per heavy atom. The van der Waals surface area contributed by atoms with Crippen LogP contribution in [0.3, 0.4) is 0 Å².